The third-order valence-corrected chi connectivity index (χ3v) is 2.41. The van der Waals surface area contributed by atoms with Crippen LogP contribution in [0.5, 0.6) is 0 Å². The monoisotopic (exact) mass is 218 g/mol. The van der Waals surface area contributed by atoms with E-state index in [-0.39, 0.29) is 12.1 Å². The average Bonchev–Trinajstić information content (AvgIpc) is 3.11. The first-order chi connectivity index (χ1) is 7.75. The summed E-state index contributed by atoms with van der Waals surface area (Å²) in [6.07, 6.45) is 1.63. The Kier molecular flexibility index (Phi) is 3.37. The van der Waals surface area contributed by atoms with Gasteiger partial charge in [-0.3, -0.25) is 0 Å². The molecule has 16 heavy (non-hydrogen) atoms. The number of epoxide rings is 1. The van der Waals surface area contributed by atoms with Gasteiger partial charge < -0.3 is 9.47 Å². The zero-order valence-electron chi connectivity index (χ0n) is 9.18. The van der Waals surface area contributed by atoms with Crippen molar-refractivity contribution >= 4 is 5.97 Å². The molecule has 84 valence electrons. The van der Waals surface area contributed by atoms with Gasteiger partial charge in [0, 0.05) is 6.08 Å². The molecule has 0 bridgehead atoms. The van der Waals surface area contributed by atoms with Gasteiger partial charge in [0.05, 0.1) is 6.61 Å². The van der Waals surface area contributed by atoms with Crippen LogP contribution in [-0.2, 0) is 20.9 Å². The second kappa shape index (κ2) is 4.94. The van der Waals surface area contributed by atoms with Crippen molar-refractivity contribution in [2.45, 2.75) is 19.6 Å². The van der Waals surface area contributed by atoms with Gasteiger partial charge in [-0.05, 0) is 18.1 Å². The molecule has 1 aromatic carbocycles. The van der Waals surface area contributed by atoms with Crippen LogP contribution in [0.2, 0.25) is 0 Å². The van der Waals surface area contributed by atoms with Gasteiger partial charge in [0.2, 0.25) is 0 Å². The predicted molar refractivity (Wildman–Crippen MR) is 59.7 cm³/mol. The summed E-state index contributed by atoms with van der Waals surface area (Å²) in [6, 6.07) is 9.62. The minimum Gasteiger partial charge on any atom is -0.458 e. The van der Waals surface area contributed by atoms with E-state index in [1.54, 1.807) is 0 Å². The first-order valence-corrected chi connectivity index (χ1v) is 5.26. The lowest BCUT2D eigenvalue weighted by molar-refractivity contribution is -0.139. The minimum absolute atomic E-state index is 0.129. The molecular formula is C13H14O3. The molecule has 0 aliphatic carbocycles. The third-order valence-electron chi connectivity index (χ3n) is 2.41. The van der Waals surface area contributed by atoms with E-state index in [2.05, 4.69) is 0 Å². The Morgan fingerprint density at radius 3 is 2.81 bits per heavy atom. The van der Waals surface area contributed by atoms with Crippen LogP contribution in [0.15, 0.2) is 42.0 Å². The van der Waals surface area contributed by atoms with Crippen LogP contribution in [0.1, 0.15) is 12.5 Å². The molecule has 3 nitrogen and oxygen atoms in total. The summed E-state index contributed by atoms with van der Waals surface area (Å²) in [7, 11) is 0. The molecule has 2 rings (SSSR count). The Morgan fingerprint density at radius 2 is 2.19 bits per heavy atom. The number of hydrogen-bond donors (Lipinski definition) is 0. The van der Waals surface area contributed by atoms with E-state index >= 15 is 0 Å². The van der Waals surface area contributed by atoms with Gasteiger partial charge in [-0.25, -0.2) is 4.79 Å². The average molecular weight is 218 g/mol. The molecule has 1 aliphatic rings. The van der Waals surface area contributed by atoms with Gasteiger partial charge in [0.25, 0.3) is 0 Å². The minimum atomic E-state index is -0.308. The quantitative estimate of drug-likeness (QED) is 0.441. The van der Waals surface area contributed by atoms with Crippen molar-refractivity contribution in [3.05, 3.63) is 47.5 Å². The highest BCUT2D eigenvalue weighted by Crippen LogP contribution is 2.18. The molecule has 0 saturated carbocycles. The van der Waals surface area contributed by atoms with Gasteiger partial charge in [-0.2, -0.15) is 0 Å². The summed E-state index contributed by atoms with van der Waals surface area (Å²) in [5.74, 6) is -0.308. The number of carbonyl (C=O) groups is 1. The van der Waals surface area contributed by atoms with Crippen molar-refractivity contribution in [3.8, 4) is 0 Å². The Bertz CT molecular complexity index is 391. The second-order valence-corrected chi connectivity index (χ2v) is 3.80. The number of ether oxygens (including phenoxy) is 2. The Hall–Kier alpha value is -1.61. The van der Waals surface area contributed by atoms with Crippen molar-refractivity contribution in [1.29, 1.82) is 0 Å². The van der Waals surface area contributed by atoms with Crippen LogP contribution < -0.4 is 0 Å². The van der Waals surface area contributed by atoms with Crippen molar-refractivity contribution in [2.75, 3.05) is 6.61 Å². The number of benzene rings is 1. The molecule has 0 amide bonds. The van der Waals surface area contributed by atoms with Crippen LogP contribution in [0.4, 0.5) is 0 Å². The van der Waals surface area contributed by atoms with Crippen molar-refractivity contribution in [1.82, 2.24) is 0 Å². The van der Waals surface area contributed by atoms with Gasteiger partial charge in [0.1, 0.15) is 12.7 Å². The van der Waals surface area contributed by atoms with Gasteiger partial charge in [0.15, 0.2) is 0 Å². The standard InChI is InChI=1S/C13H14O3/c1-10(12-9-15-12)7-13(14)16-8-11-5-3-2-4-6-11/h2-7,12H,8-9H2,1H3/b10-7+/t12-/m0/s1. The van der Waals surface area contributed by atoms with Gasteiger partial charge >= 0.3 is 5.97 Å². The van der Waals surface area contributed by atoms with Crippen LogP contribution in [0.3, 0.4) is 0 Å². The molecule has 1 aromatic rings. The van der Waals surface area contributed by atoms with E-state index in [0.717, 1.165) is 11.1 Å². The lowest BCUT2D eigenvalue weighted by Gasteiger charge is -2.02. The van der Waals surface area contributed by atoms with E-state index in [9.17, 15) is 4.79 Å². The van der Waals surface area contributed by atoms with E-state index < -0.39 is 0 Å². The maximum atomic E-state index is 11.4. The molecule has 0 N–H and O–H groups in total. The Morgan fingerprint density at radius 1 is 1.50 bits per heavy atom. The fourth-order valence-corrected chi connectivity index (χ4v) is 1.36. The van der Waals surface area contributed by atoms with Crippen LogP contribution in [0, 0.1) is 0 Å². The largest absolute Gasteiger partial charge is 0.458 e. The summed E-state index contributed by atoms with van der Waals surface area (Å²) in [5, 5.41) is 0. The van der Waals surface area contributed by atoms with Gasteiger partial charge in [-0.15, -0.1) is 0 Å². The van der Waals surface area contributed by atoms with E-state index in [0.29, 0.717) is 13.2 Å². The van der Waals surface area contributed by atoms with Gasteiger partial charge in [-0.1, -0.05) is 30.3 Å². The number of hydrogen-bond acceptors (Lipinski definition) is 3. The molecule has 1 heterocycles. The molecule has 0 spiro atoms. The summed E-state index contributed by atoms with van der Waals surface area (Å²) in [5.41, 5.74) is 1.92. The third kappa shape index (κ3) is 3.21. The predicted octanol–water partition coefficient (Wildman–Crippen LogP) is 2.07. The normalized spacial score (nSPS) is 19.3. The molecule has 1 atom stereocenters. The van der Waals surface area contributed by atoms with Crippen LogP contribution in [0.25, 0.3) is 0 Å². The number of rotatable bonds is 4. The zero-order chi connectivity index (χ0) is 11.4. The zero-order valence-corrected chi connectivity index (χ0v) is 9.18. The molecule has 1 saturated heterocycles. The Balaban J connectivity index is 1.82. The van der Waals surface area contributed by atoms with E-state index in [1.165, 1.54) is 6.08 Å². The highest BCUT2D eigenvalue weighted by Gasteiger charge is 2.24. The molecule has 0 aromatic heterocycles. The van der Waals surface area contributed by atoms with E-state index in [1.807, 2.05) is 37.3 Å². The lowest BCUT2D eigenvalue weighted by atomic mass is 10.2. The first kappa shape index (κ1) is 10.9. The SMILES string of the molecule is C/C(=C\C(=O)OCc1ccccc1)[C@@H]1CO1. The smallest absolute Gasteiger partial charge is 0.331 e. The highest BCUT2D eigenvalue weighted by molar-refractivity contribution is 5.82. The first-order valence-electron chi connectivity index (χ1n) is 5.26. The maximum Gasteiger partial charge on any atom is 0.331 e. The molecule has 0 radical (unpaired) electrons. The van der Waals surface area contributed by atoms with Crippen molar-refractivity contribution in [3.63, 3.8) is 0 Å². The highest BCUT2D eigenvalue weighted by atomic mass is 16.6. The lowest BCUT2D eigenvalue weighted by Crippen LogP contribution is -2.03. The van der Waals surface area contributed by atoms with Crippen molar-refractivity contribution in [2.24, 2.45) is 0 Å². The molecule has 0 unspecified atom stereocenters. The summed E-state index contributed by atoms with van der Waals surface area (Å²) >= 11 is 0. The van der Waals surface area contributed by atoms with Crippen molar-refractivity contribution < 1.29 is 14.3 Å². The number of esters is 1. The number of carbonyl (C=O) groups excluding carboxylic acids is 1. The Labute approximate surface area is 94.7 Å². The van der Waals surface area contributed by atoms with Crippen LogP contribution >= 0.6 is 0 Å². The summed E-state index contributed by atoms with van der Waals surface area (Å²) < 4.78 is 10.2. The molecule has 1 aliphatic heterocycles. The fraction of sp³-hybridized carbons (Fsp3) is 0.308. The fourth-order valence-electron chi connectivity index (χ4n) is 1.36. The topological polar surface area (TPSA) is 38.8 Å². The van der Waals surface area contributed by atoms with Crippen LogP contribution in [-0.4, -0.2) is 18.7 Å². The van der Waals surface area contributed by atoms with E-state index in [4.69, 9.17) is 9.47 Å². The summed E-state index contributed by atoms with van der Waals surface area (Å²) in [6.45, 7) is 2.91. The molecular weight excluding hydrogens is 204 g/mol. The summed E-state index contributed by atoms with van der Waals surface area (Å²) in [4.78, 5) is 11.4. The maximum absolute atomic E-state index is 11.4. The molecule has 1 fully saturated rings. The second-order valence-electron chi connectivity index (χ2n) is 3.80. The molecule has 3 heteroatoms.